The highest BCUT2D eigenvalue weighted by Crippen LogP contribution is 2.22. The molecule has 1 saturated heterocycles. The van der Waals surface area contributed by atoms with E-state index in [1.807, 2.05) is 6.92 Å². The summed E-state index contributed by atoms with van der Waals surface area (Å²) < 4.78 is 52.6. The van der Waals surface area contributed by atoms with E-state index in [-0.39, 0.29) is 15.8 Å². The molecule has 1 aromatic rings. The van der Waals surface area contributed by atoms with Crippen molar-refractivity contribution in [1.82, 2.24) is 14.3 Å². The third-order valence-corrected chi connectivity index (χ3v) is 7.11. The van der Waals surface area contributed by atoms with Crippen LogP contribution in [0.4, 0.5) is 0 Å². The Morgan fingerprint density at radius 2 is 1.95 bits per heavy atom. The maximum atomic E-state index is 12.6. The molecule has 1 atom stereocenters. The van der Waals surface area contributed by atoms with Crippen LogP contribution in [0.1, 0.15) is 12.5 Å². The summed E-state index contributed by atoms with van der Waals surface area (Å²) in [5, 5.41) is 3.19. The molecule has 0 saturated carbocycles. The Bertz CT molecular complexity index is 759. The molecule has 2 rings (SSSR count). The van der Waals surface area contributed by atoms with Gasteiger partial charge in [0, 0.05) is 25.7 Å². The number of aryl methyl sites for hydroxylation is 1. The first-order valence-corrected chi connectivity index (χ1v) is 9.88. The van der Waals surface area contributed by atoms with Crippen molar-refractivity contribution >= 4 is 20.0 Å². The van der Waals surface area contributed by atoms with E-state index in [0.717, 1.165) is 0 Å². The predicted octanol–water partition coefficient (Wildman–Crippen LogP) is -0.114. The smallest absolute Gasteiger partial charge is 0.243 e. The molecular weight excluding hydrogens is 326 g/mol. The molecule has 0 amide bonds. The van der Waals surface area contributed by atoms with Gasteiger partial charge in [-0.2, -0.15) is 4.31 Å². The quantitative estimate of drug-likeness (QED) is 0.792. The van der Waals surface area contributed by atoms with E-state index in [9.17, 15) is 16.8 Å². The van der Waals surface area contributed by atoms with Gasteiger partial charge in [0.25, 0.3) is 0 Å². The van der Waals surface area contributed by atoms with Gasteiger partial charge in [-0.1, -0.05) is 0 Å². The number of hydrogen-bond acceptors (Lipinski definition) is 5. The van der Waals surface area contributed by atoms with Gasteiger partial charge < -0.3 is 5.32 Å². The lowest BCUT2D eigenvalue weighted by atomic mass is 10.2. The van der Waals surface area contributed by atoms with Crippen LogP contribution >= 0.6 is 0 Å². The number of nitrogens with zero attached hydrogens (tertiary/aromatic N) is 1. The zero-order chi connectivity index (χ0) is 16.5. The van der Waals surface area contributed by atoms with Gasteiger partial charge in [-0.3, -0.25) is 0 Å². The second-order valence-corrected chi connectivity index (χ2v) is 9.15. The summed E-state index contributed by atoms with van der Waals surface area (Å²) in [5.74, 6) is 0. The lowest BCUT2D eigenvalue weighted by Gasteiger charge is -2.31. The highest BCUT2D eigenvalue weighted by molar-refractivity contribution is 7.89. The summed E-state index contributed by atoms with van der Waals surface area (Å²) in [4.78, 5) is 0.205. The maximum absolute atomic E-state index is 12.6. The fourth-order valence-electron chi connectivity index (χ4n) is 2.46. The van der Waals surface area contributed by atoms with Crippen LogP contribution in [0, 0.1) is 6.92 Å². The monoisotopic (exact) mass is 347 g/mol. The van der Waals surface area contributed by atoms with Gasteiger partial charge >= 0.3 is 0 Å². The van der Waals surface area contributed by atoms with Gasteiger partial charge in [-0.15, -0.1) is 0 Å². The Balaban J connectivity index is 2.39. The highest BCUT2D eigenvalue weighted by atomic mass is 32.2. The number of nitrogens with one attached hydrogen (secondary N) is 2. The van der Waals surface area contributed by atoms with Crippen molar-refractivity contribution in [2.75, 3.05) is 26.7 Å². The van der Waals surface area contributed by atoms with Gasteiger partial charge in [0.1, 0.15) is 0 Å². The number of piperazine rings is 1. The van der Waals surface area contributed by atoms with Gasteiger partial charge in [0.05, 0.1) is 9.79 Å². The van der Waals surface area contributed by atoms with Crippen molar-refractivity contribution in [2.45, 2.75) is 29.7 Å². The first kappa shape index (κ1) is 17.4. The van der Waals surface area contributed by atoms with Gasteiger partial charge in [0.15, 0.2) is 0 Å². The van der Waals surface area contributed by atoms with Crippen LogP contribution in [-0.2, 0) is 20.0 Å². The molecule has 9 heteroatoms. The first-order chi connectivity index (χ1) is 10.2. The summed E-state index contributed by atoms with van der Waals surface area (Å²) in [6.07, 6.45) is 0. The number of rotatable bonds is 4. The number of benzene rings is 1. The molecule has 0 spiro atoms. The average Bonchev–Trinajstić information content (AvgIpc) is 2.46. The van der Waals surface area contributed by atoms with Crippen molar-refractivity contribution in [3.63, 3.8) is 0 Å². The lowest BCUT2D eigenvalue weighted by molar-refractivity contribution is 0.310. The van der Waals surface area contributed by atoms with Crippen molar-refractivity contribution in [1.29, 1.82) is 0 Å². The van der Waals surface area contributed by atoms with E-state index in [2.05, 4.69) is 10.0 Å². The molecule has 0 aliphatic carbocycles. The van der Waals surface area contributed by atoms with Crippen LogP contribution in [-0.4, -0.2) is 53.9 Å². The minimum Gasteiger partial charge on any atom is -0.312 e. The topological polar surface area (TPSA) is 95.6 Å². The van der Waals surface area contributed by atoms with E-state index >= 15 is 0 Å². The van der Waals surface area contributed by atoms with Crippen LogP contribution < -0.4 is 10.0 Å². The molecule has 0 aromatic heterocycles. The van der Waals surface area contributed by atoms with Gasteiger partial charge in [-0.05, 0) is 44.7 Å². The van der Waals surface area contributed by atoms with Crippen LogP contribution in [0.15, 0.2) is 28.0 Å². The van der Waals surface area contributed by atoms with Crippen LogP contribution in [0.2, 0.25) is 0 Å². The Morgan fingerprint density at radius 3 is 2.50 bits per heavy atom. The fourth-order valence-corrected chi connectivity index (χ4v) is 5.02. The summed E-state index contributed by atoms with van der Waals surface area (Å²) >= 11 is 0. The minimum absolute atomic E-state index is 0.0858. The van der Waals surface area contributed by atoms with Crippen LogP contribution in [0.5, 0.6) is 0 Å². The Labute approximate surface area is 131 Å². The summed E-state index contributed by atoms with van der Waals surface area (Å²) in [6.45, 7) is 4.92. The molecule has 1 aliphatic rings. The molecule has 0 bridgehead atoms. The number of hydrogen-bond donors (Lipinski definition) is 2. The average molecular weight is 347 g/mol. The molecule has 1 fully saturated rings. The SMILES string of the molecule is CNS(=O)(=O)c1ccc(S(=O)(=O)N2CCN[C@H](C)C2)cc1C. The summed E-state index contributed by atoms with van der Waals surface area (Å²) in [7, 11) is -5.88. The Hall–Kier alpha value is -1.00. The van der Waals surface area contributed by atoms with Gasteiger partial charge in [0.2, 0.25) is 20.0 Å². The standard InChI is InChI=1S/C13H21N3O4S2/c1-10-8-12(4-5-13(10)21(17,18)14-3)22(19,20)16-7-6-15-11(2)9-16/h4-5,8,11,14-15H,6-7,9H2,1-3H3/t11-/m1/s1. The highest BCUT2D eigenvalue weighted by Gasteiger charge is 2.29. The third kappa shape index (κ3) is 3.33. The fraction of sp³-hybridized carbons (Fsp3) is 0.538. The molecule has 0 radical (unpaired) electrons. The van der Waals surface area contributed by atoms with Crippen molar-refractivity contribution in [2.24, 2.45) is 0 Å². The molecule has 22 heavy (non-hydrogen) atoms. The molecular formula is C13H21N3O4S2. The van der Waals surface area contributed by atoms with E-state index in [1.165, 1.54) is 29.6 Å². The predicted molar refractivity (Wildman–Crippen MR) is 83.6 cm³/mol. The van der Waals surface area contributed by atoms with Crippen molar-refractivity contribution in [3.8, 4) is 0 Å². The summed E-state index contributed by atoms with van der Waals surface area (Å²) in [6, 6.07) is 4.18. The Kier molecular flexibility index (Phi) is 4.93. The Morgan fingerprint density at radius 1 is 1.27 bits per heavy atom. The minimum atomic E-state index is -3.61. The molecule has 1 aliphatic heterocycles. The summed E-state index contributed by atoms with van der Waals surface area (Å²) in [5.41, 5.74) is 0.401. The molecule has 0 unspecified atom stereocenters. The largest absolute Gasteiger partial charge is 0.312 e. The van der Waals surface area contributed by atoms with E-state index in [4.69, 9.17) is 0 Å². The van der Waals surface area contributed by atoms with Crippen LogP contribution in [0.3, 0.4) is 0 Å². The zero-order valence-electron chi connectivity index (χ0n) is 12.8. The van der Waals surface area contributed by atoms with Crippen molar-refractivity contribution in [3.05, 3.63) is 23.8 Å². The second kappa shape index (κ2) is 6.25. The second-order valence-electron chi connectivity index (χ2n) is 5.35. The third-order valence-electron chi connectivity index (χ3n) is 3.67. The molecule has 1 aromatic carbocycles. The molecule has 7 nitrogen and oxygen atoms in total. The molecule has 124 valence electrons. The van der Waals surface area contributed by atoms with Gasteiger partial charge in [-0.25, -0.2) is 21.6 Å². The molecule has 2 N–H and O–H groups in total. The van der Waals surface area contributed by atoms with E-state index in [1.54, 1.807) is 6.92 Å². The molecule has 1 heterocycles. The maximum Gasteiger partial charge on any atom is 0.243 e. The van der Waals surface area contributed by atoms with Crippen LogP contribution in [0.25, 0.3) is 0 Å². The zero-order valence-corrected chi connectivity index (χ0v) is 14.5. The van der Waals surface area contributed by atoms with Crippen molar-refractivity contribution < 1.29 is 16.8 Å². The van der Waals surface area contributed by atoms with E-state index < -0.39 is 20.0 Å². The lowest BCUT2D eigenvalue weighted by Crippen LogP contribution is -2.51. The number of sulfonamides is 2. The van der Waals surface area contributed by atoms with E-state index in [0.29, 0.717) is 25.2 Å². The first-order valence-electron chi connectivity index (χ1n) is 6.96. The normalized spacial score (nSPS) is 21.0.